The van der Waals surface area contributed by atoms with Crippen LogP contribution in [0.15, 0.2) is 394 Å². The van der Waals surface area contributed by atoms with Gasteiger partial charge in [-0.25, -0.2) is 33.6 Å². The number of nitrogens with one attached hydrogen (secondary N) is 1. The Labute approximate surface area is 870 Å². The highest BCUT2D eigenvalue weighted by Gasteiger charge is 2.62. The van der Waals surface area contributed by atoms with Crippen molar-refractivity contribution in [3.05, 3.63) is 467 Å². The summed E-state index contributed by atoms with van der Waals surface area (Å²) in [4.78, 5) is 176. The molecule has 0 radical (unpaired) electrons. The van der Waals surface area contributed by atoms with E-state index in [0.29, 0.717) is 58.1 Å². The van der Waals surface area contributed by atoms with Gasteiger partial charge >= 0.3 is 48.2 Å². The van der Waals surface area contributed by atoms with Crippen LogP contribution in [-0.4, -0.2) is 215 Å². The molecule has 0 spiro atoms. The zero-order valence-corrected chi connectivity index (χ0v) is 83.7. The molecule has 13 amide bonds. The lowest BCUT2D eigenvalue weighted by atomic mass is 10.0. The van der Waals surface area contributed by atoms with Crippen LogP contribution in [-0.2, 0) is 109 Å². The third-order valence-corrected chi connectivity index (χ3v) is 28.2. The van der Waals surface area contributed by atoms with Crippen molar-refractivity contribution in [3.8, 4) is 0 Å². The molecule has 8 saturated heterocycles. The van der Waals surface area contributed by atoms with E-state index in [-0.39, 0.29) is 128 Å². The number of esters is 1. The number of aliphatic carboxylic acids is 1. The largest absolute Gasteiger partial charge is 0.480 e. The van der Waals surface area contributed by atoms with Gasteiger partial charge in [-0.1, -0.05) is 406 Å². The number of fused-ring (bicyclic) bond motifs is 3. The lowest BCUT2D eigenvalue weighted by Crippen LogP contribution is -2.50. The number of carbonyl (C=O) groups is 11. The molecule has 21 rings (SSSR count). The molecule has 8 heterocycles. The number of amides is 13. The molecule has 0 unspecified atom stereocenters. The number of nitrogens with two attached hydrogens (primary N) is 1. The number of benzene rings is 13. The maximum absolute atomic E-state index is 13.6. The number of hydrogen-bond acceptors (Lipinski definition) is 17. The molecule has 8 aliphatic heterocycles. The normalized spacial score (nSPS) is 19.8. The van der Waals surface area contributed by atoms with Gasteiger partial charge in [0.25, 0.3) is 11.8 Å². The van der Waals surface area contributed by atoms with Crippen LogP contribution in [0, 0.1) is 0 Å². The highest BCUT2D eigenvalue weighted by atomic mass is 32.2. The predicted molar refractivity (Wildman–Crippen MR) is 563 cm³/mol. The first kappa shape index (κ1) is 106. The van der Waals surface area contributed by atoms with Crippen molar-refractivity contribution in [1.29, 1.82) is 0 Å². The van der Waals surface area contributed by atoms with Crippen molar-refractivity contribution in [1.82, 2.24) is 59.2 Å². The number of aliphatic hydroxyl groups is 1. The van der Waals surface area contributed by atoms with Crippen molar-refractivity contribution in [3.63, 3.8) is 0 Å². The van der Waals surface area contributed by atoms with E-state index in [9.17, 15) is 63.0 Å². The molecule has 149 heavy (non-hydrogen) atoms. The van der Waals surface area contributed by atoms with E-state index in [1.807, 2.05) is 420 Å². The fourth-order valence-electron chi connectivity index (χ4n) is 19.6. The standard InChI is InChI=1S/C27H25N3O3.C27H29N3O3.C19H18N2O3.C19H18N2O2S.C18H18N2O3.C8H11N.CO2/c1-19(22-15-9-4-10-16-22)30-25(31)23-24(26(30)32)29(18-21-13-7-3-8-14-21)27(33)28(23)17-20-11-5-2-6-12-20;1-20(23-15-9-4-10-16-23)28-26(32)25-24(19-31)29(17-21-11-5-2-6-12-21)27(33)30(25)18-22-13-7-3-8-14-22;2*22-18-17-16(13-24-18)20(11-14-7-3-1-4-8-14)19(23)21(17)12-15-9-5-2-6-10-15;21-17(22)16-13-19(11-14-7-3-1-4-8-14)18(23)20(16)12-15-9-5-2-6-10-15;1-7(9)8-5-3-2-4-6-8;2-1-3/h2-16,19,23-24H,17-18H2,1H3;2-16,20,24-25,31H,17-19H2,1H3,(H,28,32);2*1-10,16-17H,11-13H2;1-10,16H,11-13H2,(H,21,22);2-7H,9H2,1H3;/t19-,23-,24+;20-,24+,25+;2*16-,17-;16-;7-;/m110001./s1. The summed E-state index contributed by atoms with van der Waals surface area (Å²) in [5.74, 6) is -1.50. The summed E-state index contributed by atoms with van der Waals surface area (Å²) in [6, 6.07) is 120. The number of carboxylic acids is 1. The molecule has 5 N–H and O–H groups in total. The smallest absolute Gasteiger partial charge is 0.373 e. The summed E-state index contributed by atoms with van der Waals surface area (Å²) in [7, 11) is 0. The summed E-state index contributed by atoms with van der Waals surface area (Å²) in [6.45, 7) is 9.78. The van der Waals surface area contributed by atoms with Gasteiger partial charge in [0.05, 0.1) is 43.4 Å². The quantitative estimate of drug-likeness (QED) is 0.0201. The van der Waals surface area contributed by atoms with E-state index in [0.717, 1.165) is 66.8 Å². The number of carbonyl (C=O) groups excluding carboxylic acids is 12. The zero-order chi connectivity index (χ0) is 105. The van der Waals surface area contributed by atoms with E-state index < -0.39 is 48.3 Å². The van der Waals surface area contributed by atoms with Crippen LogP contribution >= 0.6 is 11.8 Å². The first-order valence-electron chi connectivity index (χ1n) is 49.5. The molecule has 0 saturated carbocycles. The highest BCUT2D eigenvalue weighted by molar-refractivity contribution is 8.14. The number of imide groups is 1. The molecule has 13 aromatic carbocycles. The Morgan fingerprint density at radius 3 is 0.980 bits per heavy atom. The van der Waals surface area contributed by atoms with Crippen LogP contribution in [0.2, 0.25) is 0 Å². The lowest BCUT2D eigenvalue weighted by Gasteiger charge is -2.28. The van der Waals surface area contributed by atoms with Crippen LogP contribution in [0.5, 0.6) is 0 Å². The third-order valence-electron chi connectivity index (χ3n) is 27.2. The van der Waals surface area contributed by atoms with Gasteiger partial charge < -0.3 is 75.0 Å². The van der Waals surface area contributed by atoms with Gasteiger partial charge in [0.1, 0.15) is 36.8 Å². The van der Waals surface area contributed by atoms with Gasteiger partial charge in [-0.2, -0.15) is 9.59 Å². The number of aliphatic hydroxyl groups excluding tert-OH is 1. The van der Waals surface area contributed by atoms with Crippen molar-refractivity contribution in [2.24, 2.45) is 5.73 Å². The lowest BCUT2D eigenvalue weighted by molar-refractivity contribution is -0.192. The average Bonchev–Trinajstić information content (AvgIpc) is 1.56. The SMILES string of the molecule is C[C@@H](N)c1ccccc1.C[C@@H](NC(=O)[C@@H]1[C@H](CO)N(Cc2ccccc2)C(=O)N1Cc1ccccc1)c1ccccc1.C[C@H](c1ccccc1)N1C(=O)[C@@H]2[C@H](C1=O)N(Cc1ccccc1)C(=O)N2Cc1ccccc1.O=C(O)[C@@H]1CN(Cc2ccccc2)C(=O)N1Cc1ccccc1.O=C1OC[C@H]2[C@@H]1N(Cc1ccccc1)C(=O)N2Cc1ccccc1.O=C1SC[C@H]2[C@@H]1N(Cc1ccccc1)C(=O)N2Cc1ccccc1.O=C=O. The van der Waals surface area contributed by atoms with E-state index in [1.165, 1.54) is 27.1 Å². The first-order valence-corrected chi connectivity index (χ1v) is 50.5. The Hall–Kier alpha value is -16.9. The van der Waals surface area contributed by atoms with E-state index in [4.69, 9.17) is 20.1 Å². The molecule has 30 heteroatoms. The number of rotatable bonds is 28. The minimum absolute atomic E-state index is 0.0288. The minimum Gasteiger partial charge on any atom is -0.480 e. The fourth-order valence-corrected chi connectivity index (χ4v) is 20.8. The molecular formula is C119H119N13O16S. The zero-order valence-electron chi connectivity index (χ0n) is 82.9. The maximum atomic E-state index is 13.6. The van der Waals surface area contributed by atoms with Crippen LogP contribution in [0.25, 0.3) is 0 Å². The maximum Gasteiger partial charge on any atom is 0.373 e. The summed E-state index contributed by atoms with van der Waals surface area (Å²) in [5, 5.41) is 22.9. The Morgan fingerprint density at radius 1 is 0.356 bits per heavy atom. The van der Waals surface area contributed by atoms with Crippen LogP contribution in [0.3, 0.4) is 0 Å². The second kappa shape index (κ2) is 51.7. The van der Waals surface area contributed by atoms with E-state index >= 15 is 0 Å². The van der Waals surface area contributed by atoms with E-state index in [1.54, 1.807) is 39.2 Å². The summed E-state index contributed by atoms with van der Waals surface area (Å²) in [6.07, 6.45) is 0.250. The van der Waals surface area contributed by atoms with Crippen LogP contribution in [0.4, 0.5) is 24.0 Å². The fraction of sp³-hybridized carbons (Fsp3) is 0.244. The third kappa shape index (κ3) is 26.5. The highest BCUT2D eigenvalue weighted by Crippen LogP contribution is 2.41. The Balaban J connectivity index is 0.000000136. The molecule has 8 fully saturated rings. The number of hydrogen-bond donors (Lipinski definition) is 4. The summed E-state index contributed by atoms with van der Waals surface area (Å²) >= 11 is 1.35. The van der Waals surface area contributed by atoms with Gasteiger partial charge in [-0.05, 0) is 93.1 Å². The molecule has 0 aliphatic carbocycles. The second-order valence-corrected chi connectivity index (χ2v) is 38.1. The predicted octanol–water partition coefficient (Wildman–Crippen LogP) is 17.0. The van der Waals surface area contributed by atoms with Crippen molar-refractivity contribution >= 4 is 82.8 Å². The number of carboxylic acid groups (broad SMARTS) is 1. The number of nitrogens with zero attached hydrogens (tertiary/aromatic N) is 11. The Bertz CT molecular complexity index is 6460. The van der Waals surface area contributed by atoms with Crippen molar-refractivity contribution in [2.45, 2.75) is 159 Å². The number of likely N-dealkylation sites (tertiary alicyclic amines) is 1. The summed E-state index contributed by atoms with van der Waals surface area (Å²) < 4.78 is 5.23. The molecule has 0 aromatic heterocycles. The number of urea groups is 5. The number of thioether (sulfide) groups is 1. The summed E-state index contributed by atoms with van der Waals surface area (Å²) in [5.41, 5.74) is 18.5. The van der Waals surface area contributed by atoms with Gasteiger partial charge in [0, 0.05) is 77.2 Å². The number of cyclic esters (lactones) is 1. The molecule has 762 valence electrons. The van der Waals surface area contributed by atoms with E-state index in [2.05, 4.69) is 5.32 Å². The number of ether oxygens (including phenoxy) is 1. The van der Waals surface area contributed by atoms with Gasteiger partial charge in [0.15, 0.2) is 6.04 Å². The van der Waals surface area contributed by atoms with Gasteiger partial charge in [-0.15, -0.1) is 0 Å². The van der Waals surface area contributed by atoms with Crippen LogP contribution < -0.4 is 11.1 Å². The molecule has 12 atom stereocenters. The monoisotopic (exact) mass is 2020 g/mol. The van der Waals surface area contributed by atoms with Gasteiger partial charge in [-0.3, -0.25) is 24.1 Å². The molecule has 0 bridgehead atoms. The minimum atomic E-state index is -0.968. The van der Waals surface area contributed by atoms with Crippen LogP contribution in [0.1, 0.15) is 111 Å². The molecule has 29 nitrogen and oxygen atoms in total. The van der Waals surface area contributed by atoms with Gasteiger partial charge in [0.2, 0.25) is 11.0 Å². The van der Waals surface area contributed by atoms with Crippen molar-refractivity contribution in [2.75, 3.05) is 25.5 Å². The average molecular weight is 2020 g/mol. The Kier molecular flexibility index (Phi) is 36.9. The molecular weight excluding hydrogens is 1900 g/mol. The second-order valence-electron chi connectivity index (χ2n) is 37.1. The Morgan fingerprint density at radius 2 is 0.638 bits per heavy atom. The molecule has 8 aliphatic rings. The topological polar surface area (TPSA) is 345 Å². The molecule has 13 aromatic rings. The van der Waals surface area contributed by atoms with Crippen molar-refractivity contribution < 1.29 is 77.3 Å². The first-order chi connectivity index (χ1) is 72.5.